The average Bonchev–Trinajstić information content (AvgIpc) is 2.08. The summed E-state index contributed by atoms with van der Waals surface area (Å²) >= 11 is 0. The van der Waals surface area contributed by atoms with Crippen LogP contribution >= 0.6 is 0 Å². The second-order valence-corrected chi connectivity index (χ2v) is 4.04. The predicted octanol–water partition coefficient (Wildman–Crippen LogP) is 0.814. The first-order valence-corrected chi connectivity index (χ1v) is 5.06. The minimum Gasteiger partial charge on any atom is -0.494 e. The van der Waals surface area contributed by atoms with E-state index in [0.717, 1.165) is 18.5 Å². The van der Waals surface area contributed by atoms with Gasteiger partial charge in [-0.05, 0) is 39.5 Å². The second-order valence-electron chi connectivity index (χ2n) is 4.04. The number of nitrogens with zero attached hydrogens (tertiary/aromatic N) is 2. The third-order valence-corrected chi connectivity index (χ3v) is 2.24. The molecule has 1 aromatic rings. The second kappa shape index (κ2) is 4.98. The van der Waals surface area contributed by atoms with Gasteiger partial charge < -0.3 is 10.0 Å². The summed E-state index contributed by atoms with van der Waals surface area (Å²) in [6.45, 7) is 3.26. The van der Waals surface area contributed by atoms with Crippen LogP contribution in [0.15, 0.2) is 16.9 Å². The summed E-state index contributed by atoms with van der Waals surface area (Å²) in [5.74, 6) is 0.0544. The highest BCUT2D eigenvalue weighted by atomic mass is 16.3. The molecule has 0 spiro atoms. The first-order chi connectivity index (χ1) is 7.00. The molecule has 15 heavy (non-hydrogen) atoms. The van der Waals surface area contributed by atoms with E-state index < -0.39 is 0 Å². The molecule has 0 saturated heterocycles. The predicted molar refractivity (Wildman–Crippen MR) is 60.3 cm³/mol. The van der Waals surface area contributed by atoms with Crippen LogP contribution in [0.3, 0.4) is 0 Å². The molecule has 0 aliphatic rings. The first-order valence-electron chi connectivity index (χ1n) is 5.06. The van der Waals surface area contributed by atoms with Gasteiger partial charge in [-0.2, -0.15) is 0 Å². The van der Waals surface area contributed by atoms with Crippen molar-refractivity contribution in [3.63, 3.8) is 0 Å². The summed E-state index contributed by atoms with van der Waals surface area (Å²) < 4.78 is 1.40. The molecule has 0 aliphatic heterocycles. The normalized spacial score (nSPS) is 10.9. The van der Waals surface area contributed by atoms with Crippen LogP contribution in [0.5, 0.6) is 5.88 Å². The molecule has 0 aliphatic carbocycles. The molecule has 4 nitrogen and oxygen atoms in total. The lowest BCUT2D eigenvalue weighted by atomic mass is 10.3. The monoisotopic (exact) mass is 210 g/mol. The van der Waals surface area contributed by atoms with Gasteiger partial charge in [0.2, 0.25) is 0 Å². The van der Waals surface area contributed by atoms with Crippen molar-refractivity contribution in [1.82, 2.24) is 9.47 Å². The zero-order chi connectivity index (χ0) is 11.4. The maximum absolute atomic E-state index is 11.5. The number of aryl methyl sites for hydroxylation is 1. The summed E-state index contributed by atoms with van der Waals surface area (Å²) in [5.41, 5.74) is 0.660. The van der Waals surface area contributed by atoms with Gasteiger partial charge in [0.25, 0.3) is 5.56 Å². The molecule has 0 unspecified atom stereocenters. The van der Waals surface area contributed by atoms with Crippen LogP contribution in [0, 0.1) is 6.92 Å². The van der Waals surface area contributed by atoms with E-state index in [1.807, 2.05) is 14.1 Å². The van der Waals surface area contributed by atoms with E-state index in [0.29, 0.717) is 6.54 Å². The molecule has 1 heterocycles. The van der Waals surface area contributed by atoms with E-state index in [4.69, 9.17) is 0 Å². The highest BCUT2D eigenvalue weighted by Crippen LogP contribution is 2.08. The zero-order valence-corrected chi connectivity index (χ0v) is 9.53. The smallest absolute Gasteiger partial charge is 0.253 e. The summed E-state index contributed by atoms with van der Waals surface area (Å²) in [5, 5.41) is 9.59. The van der Waals surface area contributed by atoms with Gasteiger partial charge in [0.1, 0.15) is 0 Å². The van der Waals surface area contributed by atoms with Gasteiger partial charge in [-0.1, -0.05) is 0 Å². The molecule has 0 bridgehead atoms. The van der Waals surface area contributed by atoms with Gasteiger partial charge in [0.05, 0.1) is 0 Å². The van der Waals surface area contributed by atoms with Crippen molar-refractivity contribution in [3.05, 3.63) is 28.0 Å². The summed E-state index contributed by atoms with van der Waals surface area (Å²) in [6.07, 6.45) is 0.851. The summed E-state index contributed by atoms with van der Waals surface area (Å²) in [4.78, 5) is 13.6. The van der Waals surface area contributed by atoms with E-state index in [2.05, 4.69) is 4.90 Å². The molecule has 84 valence electrons. The Morgan fingerprint density at radius 1 is 1.40 bits per heavy atom. The molecule has 0 saturated carbocycles. The quantitative estimate of drug-likeness (QED) is 0.800. The molecule has 0 amide bonds. The maximum Gasteiger partial charge on any atom is 0.253 e. The molecule has 1 rings (SSSR count). The van der Waals surface area contributed by atoms with E-state index in [-0.39, 0.29) is 11.4 Å². The van der Waals surface area contributed by atoms with Crippen LogP contribution in [0.2, 0.25) is 0 Å². The highest BCUT2D eigenvalue weighted by Gasteiger charge is 2.03. The van der Waals surface area contributed by atoms with Crippen LogP contribution in [0.25, 0.3) is 0 Å². The van der Waals surface area contributed by atoms with Gasteiger partial charge in [0, 0.05) is 18.7 Å². The maximum atomic E-state index is 11.5. The van der Waals surface area contributed by atoms with Crippen LogP contribution in [0.4, 0.5) is 0 Å². The van der Waals surface area contributed by atoms with E-state index in [9.17, 15) is 9.90 Å². The lowest BCUT2D eigenvalue weighted by molar-refractivity contribution is 0.361. The van der Waals surface area contributed by atoms with Gasteiger partial charge >= 0.3 is 0 Å². The van der Waals surface area contributed by atoms with Gasteiger partial charge in [-0.15, -0.1) is 0 Å². The van der Waals surface area contributed by atoms with Gasteiger partial charge in [-0.3, -0.25) is 9.36 Å². The Balaban J connectivity index is 2.73. The summed E-state index contributed by atoms with van der Waals surface area (Å²) in [6, 6.07) is 3.15. The first kappa shape index (κ1) is 11.8. The Kier molecular flexibility index (Phi) is 3.91. The molecule has 4 heteroatoms. The molecule has 0 fully saturated rings. The molecule has 0 radical (unpaired) electrons. The Morgan fingerprint density at radius 2 is 2.07 bits per heavy atom. The fourth-order valence-electron chi connectivity index (χ4n) is 1.48. The molecule has 1 N–H and O–H groups in total. The van der Waals surface area contributed by atoms with Crippen molar-refractivity contribution >= 4 is 0 Å². The van der Waals surface area contributed by atoms with Crippen LogP contribution in [-0.4, -0.2) is 35.2 Å². The minimum atomic E-state index is -0.133. The van der Waals surface area contributed by atoms with Crippen molar-refractivity contribution in [2.75, 3.05) is 20.6 Å². The number of rotatable bonds is 4. The van der Waals surface area contributed by atoms with Crippen molar-refractivity contribution in [2.45, 2.75) is 19.9 Å². The number of hydrogen-bond acceptors (Lipinski definition) is 3. The lowest BCUT2D eigenvalue weighted by Gasteiger charge is -2.11. The Bertz CT molecular complexity index is 383. The Hall–Kier alpha value is -1.29. The largest absolute Gasteiger partial charge is 0.494 e. The number of aromatic hydroxyl groups is 1. The molecule has 1 aromatic heterocycles. The average molecular weight is 210 g/mol. The number of hydrogen-bond donors (Lipinski definition) is 1. The van der Waals surface area contributed by atoms with Crippen molar-refractivity contribution in [3.8, 4) is 5.88 Å². The standard InChI is InChI=1S/C11H18N2O2/c1-9-7-10(14)13(11(15)8-9)6-4-5-12(2)3/h7-8,14H,4-6H2,1-3H3. The summed E-state index contributed by atoms with van der Waals surface area (Å²) in [7, 11) is 3.97. The molecule has 0 atom stereocenters. The SMILES string of the molecule is Cc1cc(O)n(CCCN(C)C)c(=O)c1. The molecule has 0 aromatic carbocycles. The van der Waals surface area contributed by atoms with E-state index in [1.54, 1.807) is 13.0 Å². The topological polar surface area (TPSA) is 45.5 Å². The van der Waals surface area contributed by atoms with Gasteiger partial charge in [-0.25, -0.2) is 0 Å². The zero-order valence-electron chi connectivity index (χ0n) is 9.53. The highest BCUT2D eigenvalue weighted by molar-refractivity contribution is 5.19. The Labute approximate surface area is 89.8 Å². The fourth-order valence-corrected chi connectivity index (χ4v) is 1.48. The Morgan fingerprint density at radius 3 is 2.60 bits per heavy atom. The van der Waals surface area contributed by atoms with Crippen molar-refractivity contribution < 1.29 is 5.11 Å². The van der Waals surface area contributed by atoms with Crippen LogP contribution < -0.4 is 5.56 Å². The number of pyridine rings is 1. The lowest BCUT2D eigenvalue weighted by Crippen LogP contribution is -2.22. The third-order valence-electron chi connectivity index (χ3n) is 2.24. The van der Waals surface area contributed by atoms with Crippen LogP contribution in [-0.2, 0) is 6.54 Å². The number of aromatic nitrogens is 1. The van der Waals surface area contributed by atoms with Crippen LogP contribution in [0.1, 0.15) is 12.0 Å². The van der Waals surface area contributed by atoms with E-state index in [1.165, 1.54) is 10.6 Å². The van der Waals surface area contributed by atoms with Crippen molar-refractivity contribution in [2.24, 2.45) is 0 Å². The minimum absolute atomic E-state index is 0.0544. The van der Waals surface area contributed by atoms with Gasteiger partial charge in [0.15, 0.2) is 5.88 Å². The molecular formula is C11H18N2O2. The third kappa shape index (κ3) is 3.40. The molecular weight excluding hydrogens is 192 g/mol. The van der Waals surface area contributed by atoms with Crippen molar-refractivity contribution in [1.29, 1.82) is 0 Å². The van der Waals surface area contributed by atoms with E-state index >= 15 is 0 Å². The fraction of sp³-hybridized carbons (Fsp3) is 0.545.